The van der Waals surface area contributed by atoms with Crippen molar-refractivity contribution in [1.82, 2.24) is 0 Å². The quantitative estimate of drug-likeness (QED) is 0.220. The Bertz CT molecular complexity index is 1060. The van der Waals surface area contributed by atoms with E-state index in [1.165, 1.54) is 17.4 Å². The van der Waals surface area contributed by atoms with Gasteiger partial charge in [-0.05, 0) is 48.7 Å². The van der Waals surface area contributed by atoms with Crippen molar-refractivity contribution in [1.29, 1.82) is 0 Å². The molecule has 0 aliphatic rings. The van der Waals surface area contributed by atoms with Crippen LogP contribution in [-0.2, 0) is 9.53 Å². The number of esters is 1. The van der Waals surface area contributed by atoms with Crippen LogP contribution < -0.4 is 10.1 Å². The van der Waals surface area contributed by atoms with Gasteiger partial charge in [0.15, 0.2) is 0 Å². The lowest BCUT2D eigenvalue weighted by molar-refractivity contribution is -0.111. The van der Waals surface area contributed by atoms with E-state index in [1.54, 1.807) is 19.1 Å². The lowest BCUT2D eigenvalue weighted by atomic mass is 10.1. The predicted octanol–water partition coefficient (Wildman–Crippen LogP) is 6.42. The summed E-state index contributed by atoms with van der Waals surface area (Å²) in [4.78, 5) is 25.8. The number of ether oxygens (including phenoxy) is 2. The zero-order valence-electron chi connectivity index (χ0n) is 18.3. The Morgan fingerprint density at radius 2 is 1.78 bits per heavy atom. The van der Waals surface area contributed by atoms with E-state index in [9.17, 15) is 9.59 Å². The molecule has 6 heteroatoms. The summed E-state index contributed by atoms with van der Waals surface area (Å²) in [5.41, 5.74) is 2.20. The molecule has 1 amide bonds. The number of thiophene rings is 1. The van der Waals surface area contributed by atoms with E-state index >= 15 is 0 Å². The molecule has 1 heterocycles. The van der Waals surface area contributed by atoms with E-state index in [1.807, 2.05) is 54.6 Å². The fourth-order valence-electron chi connectivity index (χ4n) is 2.92. The highest BCUT2D eigenvalue weighted by molar-refractivity contribution is 7.20. The van der Waals surface area contributed by atoms with Crippen LogP contribution in [0.5, 0.6) is 5.75 Å². The molecule has 0 fully saturated rings. The number of carbonyl (C=O) groups is 2. The smallest absolute Gasteiger partial charge is 0.341 e. The standard InChI is InChI=1S/C26H27NO4S/c1-3-5-17-31-21-14-11-19(12-15-21)13-16-24(28)27-25-22(26(29)30-4-2)18-23(32-25)20-9-7-6-8-10-20/h6-16,18H,3-5,17H2,1-2H3,(H,27,28). The summed E-state index contributed by atoms with van der Waals surface area (Å²) in [5.74, 6) is 0.0373. The molecule has 0 bridgehead atoms. The summed E-state index contributed by atoms with van der Waals surface area (Å²) in [7, 11) is 0. The molecule has 0 radical (unpaired) electrons. The minimum atomic E-state index is -0.455. The van der Waals surface area contributed by atoms with Gasteiger partial charge in [0.1, 0.15) is 10.8 Å². The molecule has 0 saturated carbocycles. The number of carbonyl (C=O) groups excluding carboxylic acids is 2. The minimum Gasteiger partial charge on any atom is -0.494 e. The predicted molar refractivity (Wildman–Crippen MR) is 130 cm³/mol. The number of amides is 1. The topological polar surface area (TPSA) is 64.6 Å². The second-order valence-electron chi connectivity index (χ2n) is 7.03. The highest BCUT2D eigenvalue weighted by Gasteiger charge is 2.19. The number of rotatable bonds is 10. The number of hydrogen-bond acceptors (Lipinski definition) is 5. The maximum absolute atomic E-state index is 12.5. The first-order chi connectivity index (χ1) is 15.6. The first-order valence-electron chi connectivity index (χ1n) is 10.7. The lowest BCUT2D eigenvalue weighted by Crippen LogP contribution is -2.11. The number of hydrogen-bond donors (Lipinski definition) is 1. The van der Waals surface area contributed by atoms with Crippen LogP contribution in [-0.4, -0.2) is 25.1 Å². The Kier molecular flexibility index (Phi) is 8.63. The van der Waals surface area contributed by atoms with Gasteiger partial charge in [-0.2, -0.15) is 0 Å². The Labute approximate surface area is 192 Å². The van der Waals surface area contributed by atoms with Crippen LogP contribution in [0.2, 0.25) is 0 Å². The van der Waals surface area contributed by atoms with Crippen molar-refractivity contribution in [2.75, 3.05) is 18.5 Å². The Hall–Kier alpha value is -3.38. The summed E-state index contributed by atoms with van der Waals surface area (Å²) >= 11 is 1.34. The van der Waals surface area contributed by atoms with Crippen molar-refractivity contribution in [2.24, 2.45) is 0 Å². The van der Waals surface area contributed by atoms with Crippen molar-refractivity contribution in [2.45, 2.75) is 26.7 Å². The van der Waals surface area contributed by atoms with E-state index in [0.717, 1.165) is 34.6 Å². The molecule has 0 spiro atoms. The summed E-state index contributed by atoms with van der Waals surface area (Å²) in [6.07, 6.45) is 5.28. The van der Waals surface area contributed by atoms with Gasteiger partial charge in [-0.25, -0.2) is 4.79 Å². The number of benzene rings is 2. The first-order valence-corrected chi connectivity index (χ1v) is 11.5. The van der Waals surface area contributed by atoms with E-state index in [2.05, 4.69) is 12.2 Å². The van der Waals surface area contributed by atoms with Crippen LogP contribution >= 0.6 is 11.3 Å². The van der Waals surface area contributed by atoms with Gasteiger partial charge in [-0.1, -0.05) is 55.8 Å². The van der Waals surface area contributed by atoms with Gasteiger partial charge in [0, 0.05) is 11.0 Å². The van der Waals surface area contributed by atoms with Crippen LogP contribution in [0.25, 0.3) is 16.5 Å². The third-order valence-electron chi connectivity index (χ3n) is 4.60. The average molecular weight is 450 g/mol. The molecule has 0 aliphatic heterocycles. The minimum absolute atomic E-state index is 0.265. The van der Waals surface area contributed by atoms with E-state index in [-0.39, 0.29) is 12.5 Å². The van der Waals surface area contributed by atoms with E-state index in [0.29, 0.717) is 17.2 Å². The van der Waals surface area contributed by atoms with Crippen molar-refractivity contribution >= 4 is 34.3 Å². The summed E-state index contributed by atoms with van der Waals surface area (Å²) in [6, 6.07) is 19.0. The number of nitrogens with one attached hydrogen (secondary N) is 1. The third-order valence-corrected chi connectivity index (χ3v) is 5.70. The molecule has 1 N–H and O–H groups in total. The molecule has 0 unspecified atom stereocenters. The molecule has 2 aromatic carbocycles. The van der Waals surface area contributed by atoms with Crippen molar-refractivity contribution in [3.63, 3.8) is 0 Å². The monoisotopic (exact) mass is 449 g/mol. The fourth-order valence-corrected chi connectivity index (χ4v) is 3.98. The molecular weight excluding hydrogens is 422 g/mol. The first kappa shape index (κ1) is 23.3. The van der Waals surface area contributed by atoms with Crippen LogP contribution in [0.15, 0.2) is 66.7 Å². The number of anilines is 1. The summed E-state index contributed by atoms with van der Waals surface area (Å²) < 4.78 is 10.8. The van der Waals surface area contributed by atoms with Crippen LogP contribution in [0.1, 0.15) is 42.6 Å². The van der Waals surface area contributed by atoms with Crippen LogP contribution in [0.4, 0.5) is 5.00 Å². The molecule has 3 rings (SSSR count). The summed E-state index contributed by atoms with van der Waals surface area (Å²) in [5, 5.41) is 3.29. The van der Waals surface area contributed by atoms with Gasteiger partial charge in [0.25, 0.3) is 0 Å². The Balaban J connectivity index is 1.70. The van der Waals surface area contributed by atoms with E-state index in [4.69, 9.17) is 9.47 Å². The maximum atomic E-state index is 12.5. The molecule has 166 valence electrons. The Morgan fingerprint density at radius 3 is 2.47 bits per heavy atom. The van der Waals surface area contributed by atoms with Crippen LogP contribution in [0.3, 0.4) is 0 Å². The molecule has 3 aromatic rings. The molecule has 0 aliphatic carbocycles. The SMILES string of the molecule is CCCCOc1ccc(C=CC(=O)Nc2sc(-c3ccccc3)cc2C(=O)OCC)cc1. The van der Waals surface area contributed by atoms with E-state index < -0.39 is 5.97 Å². The van der Waals surface area contributed by atoms with Crippen molar-refractivity contribution in [3.8, 4) is 16.2 Å². The van der Waals surface area contributed by atoms with Crippen LogP contribution in [0, 0.1) is 0 Å². The van der Waals surface area contributed by atoms with Gasteiger partial charge in [-0.15, -0.1) is 11.3 Å². The van der Waals surface area contributed by atoms with Gasteiger partial charge in [0.05, 0.1) is 18.8 Å². The van der Waals surface area contributed by atoms with Crippen molar-refractivity contribution < 1.29 is 19.1 Å². The maximum Gasteiger partial charge on any atom is 0.341 e. The Morgan fingerprint density at radius 1 is 1.03 bits per heavy atom. The van der Waals surface area contributed by atoms with Gasteiger partial charge >= 0.3 is 5.97 Å². The second kappa shape index (κ2) is 11.9. The van der Waals surface area contributed by atoms with Crippen molar-refractivity contribution in [3.05, 3.63) is 77.9 Å². The molecule has 0 atom stereocenters. The molecular formula is C26H27NO4S. The zero-order chi connectivity index (χ0) is 22.8. The highest BCUT2D eigenvalue weighted by atomic mass is 32.1. The normalized spacial score (nSPS) is 10.8. The lowest BCUT2D eigenvalue weighted by Gasteiger charge is -2.05. The molecule has 1 aromatic heterocycles. The fraction of sp³-hybridized carbons (Fsp3) is 0.231. The molecule has 0 saturated heterocycles. The highest BCUT2D eigenvalue weighted by Crippen LogP contribution is 2.36. The van der Waals surface area contributed by atoms with Gasteiger partial charge in [0.2, 0.25) is 5.91 Å². The third kappa shape index (κ3) is 6.56. The second-order valence-corrected chi connectivity index (χ2v) is 8.09. The van der Waals surface area contributed by atoms with Gasteiger partial charge in [-0.3, -0.25) is 4.79 Å². The molecule has 32 heavy (non-hydrogen) atoms. The largest absolute Gasteiger partial charge is 0.494 e. The zero-order valence-corrected chi connectivity index (χ0v) is 19.1. The van der Waals surface area contributed by atoms with Gasteiger partial charge < -0.3 is 14.8 Å². The summed E-state index contributed by atoms with van der Waals surface area (Å²) in [6.45, 7) is 4.84. The molecule has 5 nitrogen and oxygen atoms in total. The number of unbranched alkanes of at least 4 members (excludes halogenated alkanes) is 1. The average Bonchev–Trinajstić information content (AvgIpc) is 3.23.